The zero-order valence-electron chi connectivity index (χ0n) is 9.24. The first-order valence-electron chi connectivity index (χ1n) is 5.13. The van der Waals surface area contributed by atoms with Gasteiger partial charge >= 0.3 is 0 Å². The Bertz CT molecular complexity index is 387. The molecule has 0 fully saturated rings. The van der Waals surface area contributed by atoms with Gasteiger partial charge in [-0.2, -0.15) is 17.0 Å². The minimum absolute atomic E-state index is 0.530. The molecule has 0 saturated carbocycles. The number of nitriles is 1. The molecule has 0 amide bonds. The largest absolute Gasteiger partial charge is 0.330 e. The van der Waals surface area contributed by atoms with Gasteiger partial charge in [-0.05, 0) is 35.9 Å². The molecule has 0 saturated heterocycles. The van der Waals surface area contributed by atoms with Crippen molar-refractivity contribution in [1.29, 1.82) is 5.26 Å². The topological polar surface area (TPSA) is 49.8 Å². The summed E-state index contributed by atoms with van der Waals surface area (Å²) in [5.41, 5.74) is 7.23. The fourth-order valence-electron chi connectivity index (χ4n) is 1.17. The maximum absolute atomic E-state index is 8.71. The number of hydrogen-bond acceptors (Lipinski definition) is 3. The van der Waals surface area contributed by atoms with Crippen molar-refractivity contribution in [3.8, 4) is 6.07 Å². The Morgan fingerprint density at radius 1 is 1.56 bits per heavy atom. The van der Waals surface area contributed by atoms with E-state index in [-0.39, 0.29) is 0 Å². The molecule has 0 heterocycles. The second-order valence-electron chi connectivity index (χ2n) is 3.77. The van der Waals surface area contributed by atoms with E-state index >= 15 is 0 Å². The molecule has 0 aliphatic rings. The van der Waals surface area contributed by atoms with Gasteiger partial charge in [-0.3, -0.25) is 0 Å². The average Bonchev–Trinajstić information content (AvgIpc) is 2.30. The molecule has 4 heteroatoms. The summed E-state index contributed by atoms with van der Waals surface area (Å²) < 4.78 is 0. The number of rotatable bonds is 5. The minimum Gasteiger partial charge on any atom is -0.330 e. The second kappa shape index (κ2) is 6.80. The van der Waals surface area contributed by atoms with Crippen molar-refractivity contribution in [3.63, 3.8) is 0 Å². The minimum atomic E-state index is 0.530. The number of nitrogens with two attached hydrogens (primary N) is 1. The summed E-state index contributed by atoms with van der Waals surface area (Å²) >= 11 is 7.89. The van der Waals surface area contributed by atoms with Crippen LogP contribution in [0.25, 0.3) is 0 Å². The van der Waals surface area contributed by atoms with Gasteiger partial charge in [0.15, 0.2) is 0 Å². The van der Waals surface area contributed by atoms with Gasteiger partial charge < -0.3 is 5.73 Å². The molecule has 86 valence electrons. The van der Waals surface area contributed by atoms with Gasteiger partial charge in [0.2, 0.25) is 0 Å². The van der Waals surface area contributed by atoms with E-state index in [4.69, 9.17) is 22.6 Å². The number of thioether (sulfide) groups is 1. The van der Waals surface area contributed by atoms with Gasteiger partial charge in [-0.25, -0.2) is 0 Å². The quantitative estimate of drug-likeness (QED) is 0.879. The first kappa shape index (κ1) is 13.4. The lowest BCUT2D eigenvalue weighted by Gasteiger charge is -2.08. The van der Waals surface area contributed by atoms with Crippen molar-refractivity contribution in [2.45, 2.75) is 12.7 Å². The van der Waals surface area contributed by atoms with E-state index in [0.717, 1.165) is 17.1 Å². The van der Waals surface area contributed by atoms with Crippen LogP contribution in [0.1, 0.15) is 18.1 Å². The zero-order chi connectivity index (χ0) is 12.0. The van der Waals surface area contributed by atoms with Gasteiger partial charge in [0.05, 0.1) is 11.6 Å². The predicted octanol–water partition coefficient (Wildman–Crippen LogP) is 3.04. The van der Waals surface area contributed by atoms with Crippen LogP contribution in [0.15, 0.2) is 18.2 Å². The van der Waals surface area contributed by atoms with Crippen LogP contribution in [0.5, 0.6) is 0 Å². The summed E-state index contributed by atoms with van der Waals surface area (Å²) in [5.74, 6) is 2.43. The van der Waals surface area contributed by atoms with Gasteiger partial charge in [0.1, 0.15) is 0 Å². The van der Waals surface area contributed by atoms with Crippen LogP contribution in [0.2, 0.25) is 5.02 Å². The Kier molecular flexibility index (Phi) is 5.68. The predicted molar refractivity (Wildman–Crippen MR) is 70.5 cm³/mol. The molecular formula is C12H15ClN2S. The summed E-state index contributed by atoms with van der Waals surface area (Å²) in [4.78, 5) is 0. The molecule has 1 rings (SSSR count). The second-order valence-corrected chi connectivity index (χ2v) is 5.21. The van der Waals surface area contributed by atoms with E-state index in [9.17, 15) is 0 Å². The molecular weight excluding hydrogens is 240 g/mol. The maximum atomic E-state index is 8.71. The highest BCUT2D eigenvalue weighted by Crippen LogP contribution is 2.23. The van der Waals surface area contributed by atoms with Gasteiger partial charge in [-0.15, -0.1) is 0 Å². The summed E-state index contributed by atoms with van der Waals surface area (Å²) in [6.45, 7) is 2.85. The Morgan fingerprint density at radius 2 is 2.31 bits per heavy atom. The molecule has 0 aliphatic heterocycles. The molecule has 0 bridgehead atoms. The van der Waals surface area contributed by atoms with Gasteiger partial charge in [0, 0.05) is 10.8 Å². The van der Waals surface area contributed by atoms with Crippen molar-refractivity contribution >= 4 is 23.4 Å². The molecule has 0 aliphatic carbocycles. The van der Waals surface area contributed by atoms with Crippen molar-refractivity contribution in [1.82, 2.24) is 0 Å². The fourth-order valence-corrected chi connectivity index (χ4v) is 2.63. The van der Waals surface area contributed by atoms with E-state index in [1.54, 1.807) is 12.1 Å². The fraction of sp³-hybridized carbons (Fsp3) is 0.417. The third kappa shape index (κ3) is 4.05. The Balaban J connectivity index is 2.52. The Hall–Kier alpha value is -0.690. The van der Waals surface area contributed by atoms with E-state index in [1.807, 2.05) is 17.8 Å². The molecule has 0 aromatic heterocycles. The summed E-state index contributed by atoms with van der Waals surface area (Å²) in [7, 11) is 0. The molecule has 2 N–H and O–H groups in total. The number of halogens is 1. The smallest absolute Gasteiger partial charge is 0.0992 e. The van der Waals surface area contributed by atoms with Crippen molar-refractivity contribution < 1.29 is 0 Å². The van der Waals surface area contributed by atoms with Gasteiger partial charge in [0.25, 0.3) is 0 Å². The van der Waals surface area contributed by atoms with E-state index in [2.05, 4.69) is 13.0 Å². The Morgan fingerprint density at radius 3 is 2.88 bits per heavy atom. The summed E-state index contributed by atoms with van der Waals surface area (Å²) in [5, 5.41) is 9.38. The molecule has 2 nitrogen and oxygen atoms in total. The maximum Gasteiger partial charge on any atom is 0.0992 e. The number of hydrogen-bond donors (Lipinski definition) is 1. The third-order valence-corrected chi connectivity index (χ3v) is 3.92. The monoisotopic (exact) mass is 254 g/mol. The van der Waals surface area contributed by atoms with Crippen molar-refractivity contribution in [2.24, 2.45) is 11.7 Å². The molecule has 0 spiro atoms. The molecule has 1 atom stereocenters. The first-order valence-corrected chi connectivity index (χ1v) is 6.67. The highest BCUT2D eigenvalue weighted by molar-refractivity contribution is 7.98. The lowest BCUT2D eigenvalue weighted by atomic mass is 10.2. The van der Waals surface area contributed by atoms with Crippen LogP contribution in [0.4, 0.5) is 0 Å². The van der Waals surface area contributed by atoms with E-state index in [0.29, 0.717) is 23.0 Å². The van der Waals surface area contributed by atoms with Crippen molar-refractivity contribution in [2.75, 3.05) is 12.3 Å². The van der Waals surface area contributed by atoms with E-state index < -0.39 is 0 Å². The summed E-state index contributed by atoms with van der Waals surface area (Å²) in [6.07, 6.45) is 0. The highest BCUT2D eigenvalue weighted by Gasteiger charge is 2.04. The van der Waals surface area contributed by atoms with Crippen molar-refractivity contribution in [3.05, 3.63) is 34.3 Å². The number of nitrogens with zero attached hydrogens (tertiary/aromatic N) is 1. The summed E-state index contributed by atoms with van der Waals surface area (Å²) in [6, 6.07) is 7.50. The molecule has 0 radical (unpaired) electrons. The third-order valence-electron chi connectivity index (χ3n) is 2.24. The van der Waals surface area contributed by atoms with Crippen LogP contribution in [-0.2, 0) is 5.75 Å². The van der Waals surface area contributed by atoms with Gasteiger partial charge in [-0.1, -0.05) is 24.6 Å². The lowest BCUT2D eigenvalue weighted by Crippen LogP contribution is -2.12. The molecule has 16 heavy (non-hydrogen) atoms. The first-order chi connectivity index (χ1) is 7.67. The van der Waals surface area contributed by atoms with Crippen LogP contribution in [0, 0.1) is 17.2 Å². The van der Waals surface area contributed by atoms with Crippen LogP contribution < -0.4 is 5.73 Å². The lowest BCUT2D eigenvalue weighted by molar-refractivity contribution is 0.675. The average molecular weight is 255 g/mol. The normalized spacial score (nSPS) is 12.1. The highest BCUT2D eigenvalue weighted by atomic mass is 35.5. The SMILES string of the molecule is CC(CN)CSCc1ccc(C#N)cc1Cl. The van der Waals surface area contributed by atoms with Crippen LogP contribution in [0.3, 0.4) is 0 Å². The zero-order valence-corrected chi connectivity index (χ0v) is 10.8. The molecule has 1 unspecified atom stereocenters. The molecule has 1 aromatic rings. The standard InChI is InChI=1S/C12H15ClN2S/c1-9(5-14)7-16-8-11-3-2-10(6-15)4-12(11)13/h2-4,9H,5,7-8,14H2,1H3. The Labute approximate surface area is 106 Å². The van der Waals surface area contributed by atoms with Crippen LogP contribution in [-0.4, -0.2) is 12.3 Å². The number of benzene rings is 1. The van der Waals surface area contributed by atoms with Crippen LogP contribution >= 0.6 is 23.4 Å². The van der Waals surface area contributed by atoms with E-state index in [1.165, 1.54) is 0 Å². The molecule has 1 aromatic carbocycles.